The molecule has 13 heteroatoms. The molecule has 1 amide bonds. The molecule has 0 spiro atoms. The summed E-state index contributed by atoms with van der Waals surface area (Å²) in [6.45, 7) is 21.8. The number of amides is 1. The Balaban J connectivity index is 0.000000311. The number of epoxide rings is 1. The number of aliphatic hydroxyl groups excluding tert-OH is 1. The summed E-state index contributed by atoms with van der Waals surface area (Å²) in [5, 5.41) is 20.8. The number of cyclic esters (lactones) is 1. The largest absolute Gasteiger partial charge is 0.457 e. The van der Waals surface area contributed by atoms with E-state index in [1.807, 2.05) is 37.1 Å². The number of hydrogen-bond donors (Lipinski definition) is 2. The van der Waals surface area contributed by atoms with Crippen LogP contribution < -0.4 is 0 Å². The van der Waals surface area contributed by atoms with Crippen molar-refractivity contribution in [3.63, 3.8) is 0 Å². The molecule has 0 aromatic heterocycles. The lowest BCUT2D eigenvalue weighted by Crippen LogP contribution is -2.49. The number of nitrogens with zero attached hydrogens (tertiary/aromatic N) is 3. The van der Waals surface area contributed by atoms with Crippen LogP contribution in [0.15, 0.2) is 65.5 Å². The molecule has 320 valence electrons. The number of allylic oxidation sites excluding steroid dienone is 5. The lowest BCUT2D eigenvalue weighted by Gasteiger charge is -2.36. The van der Waals surface area contributed by atoms with Gasteiger partial charge in [0.15, 0.2) is 0 Å². The van der Waals surface area contributed by atoms with Crippen LogP contribution in [-0.4, -0.2) is 132 Å². The minimum absolute atomic E-state index is 0.0388. The Morgan fingerprint density at radius 3 is 2.46 bits per heavy atom. The number of methoxy groups -OCH3 is 1. The summed E-state index contributed by atoms with van der Waals surface area (Å²) >= 11 is 0. The molecule has 0 bridgehead atoms. The van der Waals surface area contributed by atoms with E-state index in [2.05, 4.69) is 50.2 Å². The third-order valence-corrected chi connectivity index (χ3v) is 11.0. The van der Waals surface area contributed by atoms with Gasteiger partial charge in [-0.1, -0.05) is 71.6 Å². The van der Waals surface area contributed by atoms with Crippen LogP contribution in [0.3, 0.4) is 0 Å². The quantitative estimate of drug-likeness (QED) is 0.107. The molecular weight excluding hydrogens is 730 g/mol. The number of aliphatic imine (C=N–C) groups is 1. The number of piperazine rings is 1. The maximum absolute atomic E-state index is 12.8. The standard InChI is InChI=1S/C24H39N3O4.C20H30O6/c1-6-19(29-5)18(4)23-24(31-23)22(17(2)3)30-16-21(28)27-14-12-26(13-15-27)20-10-8-7-9-11-25-20;1-6-7-13(2)19-14(3)8-9-17(25-15(4)21)20(5,24)11-10-16(22)12-18(23)26-19/h7-8,10-11,17-19,22-24H,6,9,12-16H2,1-5H3;6-9,14,16-17,19,22,24H,1,10-12H2,2-5H3/b;9-8+,13-7+. The van der Waals surface area contributed by atoms with Crippen LogP contribution in [0.4, 0.5) is 0 Å². The molecule has 0 aromatic carbocycles. The molecule has 13 nitrogen and oxygen atoms in total. The van der Waals surface area contributed by atoms with Gasteiger partial charge < -0.3 is 43.7 Å². The second-order valence-electron chi connectivity index (χ2n) is 16.1. The fourth-order valence-electron chi connectivity index (χ4n) is 7.48. The van der Waals surface area contributed by atoms with E-state index in [0.29, 0.717) is 19.0 Å². The Hall–Kier alpha value is -3.62. The fourth-order valence-corrected chi connectivity index (χ4v) is 7.48. The van der Waals surface area contributed by atoms with Gasteiger partial charge in [0.2, 0.25) is 5.91 Å². The molecule has 0 radical (unpaired) electrons. The maximum Gasteiger partial charge on any atom is 0.309 e. The Kier molecular flexibility index (Phi) is 19.3. The maximum atomic E-state index is 12.8. The van der Waals surface area contributed by atoms with Gasteiger partial charge in [-0.25, -0.2) is 4.99 Å². The highest BCUT2D eigenvalue weighted by atomic mass is 16.6. The van der Waals surface area contributed by atoms with Gasteiger partial charge in [0.05, 0.1) is 30.8 Å². The number of hydrogen-bond acceptors (Lipinski definition) is 12. The second-order valence-corrected chi connectivity index (χ2v) is 16.1. The number of esters is 2. The summed E-state index contributed by atoms with van der Waals surface area (Å²) in [6, 6.07) is 0. The van der Waals surface area contributed by atoms with Crippen LogP contribution in [-0.2, 0) is 38.1 Å². The highest BCUT2D eigenvalue weighted by molar-refractivity contribution is 5.77. The summed E-state index contributed by atoms with van der Waals surface area (Å²) in [4.78, 5) is 45.0. The van der Waals surface area contributed by atoms with Crippen molar-refractivity contribution in [2.24, 2.45) is 22.7 Å². The van der Waals surface area contributed by atoms with Crippen molar-refractivity contribution in [2.75, 3.05) is 39.9 Å². The van der Waals surface area contributed by atoms with E-state index in [9.17, 15) is 24.6 Å². The summed E-state index contributed by atoms with van der Waals surface area (Å²) in [5.41, 5.74) is -0.569. The molecule has 4 aliphatic heterocycles. The van der Waals surface area contributed by atoms with Crippen molar-refractivity contribution in [2.45, 2.75) is 136 Å². The summed E-state index contributed by atoms with van der Waals surface area (Å²) in [7, 11) is 1.76. The SMILES string of the molecule is C=C/C=C(\C)C1OC(=O)CC(O)CCC(C)(O)C(OC(C)=O)/C=C/C1C.CCC(OC)C(C)C1OC1C(OCC(=O)N1CCN(C2=CC=CCC=N2)CC1)C(C)C. The molecule has 4 rings (SSSR count). The first-order valence-corrected chi connectivity index (χ1v) is 20.5. The van der Waals surface area contributed by atoms with Gasteiger partial charge in [-0.15, -0.1) is 0 Å². The van der Waals surface area contributed by atoms with Gasteiger partial charge in [0.1, 0.15) is 36.3 Å². The van der Waals surface area contributed by atoms with E-state index < -0.39 is 35.9 Å². The first kappa shape index (κ1) is 47.8. The molecular formula is C44H69N3O10. The average Bonchev–Trinajstić information content (AvgIpc) is 3.99. The van der Waals surface area contributed by atoms with E-state index in [1.54, 1.807) is 38.3 Å². The predicted octanol–water partition coefficient (Wildman–Crippen LogP) is 5.32. The highest BCUT2D eigenvalue weighted by Gasteiger charge is 2.51. The molecule has 2 saturated heterocycles. The Labute approximate surface area is 340 Å². The Morgan fingerprint density at radius 2 is 1.84 bits per heavy atom. The van der Waals surface area contributed by atoms with Gasteiger partial charge in [-0.3, -0.25) is 14.4 Å². The molecule has 4 aliphatic rings. The van der Waals surface area contributed by atoms with E-state index in [4.69, 9.17) is 23.7 Å². The number of rotatable bonds is 13. The van der Waals surface area contributed by atoms with Crippen LogP contribution in [0, 0.1) is 17.8 Å². The summed E-state index contributed by atoms with van der Waals surface area (Å²) < 4.78 is 28.5. The van der Waals surface area contributed by atoms with E-state index in [1.165, 1.54) is 6.92 Å². The topological polar surface area (TPSA) is 160 Å². The fraction of sp³-hybridized carbons (Fsp3) is 0.682. The molecule has 0 saturated carbocycles. The predicted molar refractivity (Wildman–Crippen MR) is 220 cm³/mol. The molecule has 2 fully saturated rings. The lowest BCUT2D eigenvalue weighted by molar-refractivity contribution is -0.157. The first-order valence-electron chi connectivity index (χ1n) is 20.5. The van der Waals surface area contributed by atoms with E-state index in [0.717, 1.165) is 37.3 Å². The van der Waals surface area contributed by atoms with Gasteiger partial charge in [-0.2, -0.15) is 0 Å². The molecule has 10 atom stereocenters. The average molecular weight is 800 g/mol. The highest BCUT2D eigenvalue weighted by Crippen LogP contribution is 2.38. The Morgan fingerprint density at radius 1 is 1.14 bits per heavy atom. The molecule has 2 N–H and O–H groups in total. The van der Waals surface area contributed by atoms with Gasteiger partial charge >= 0.3 is 11.9 Å². The van der Waals surface area contributed by atoms with Crippen molar-refractivity contribution in [1.29, 1.82) is 0 Å². The second kappa shape index (κ2) is 23.1. The molecule has 10 unspecified atom stereocenters. The molecule has 0 aromatic rings. The van der Waals surface area contributed by atoms with Crippen molar-refractivity contribution in [3.05, 3.63) is 60.5 Å². The van der Waals surface area contributed by atoms with Crippen LogP contribution in [0.1, 0.15) is 87.5 Å². The first-order chi connectivity index (χ1) is 27.0. The van der Waals surface area contributed by atoms with Crippen molar-refractivity contribution in [3.8, 4) is 0 Å². The molecule has 0 aliphatic carbocycles. The third-order valence-electron chi connectivity index (χ3n) is 11.0. The van der Waals surface area contributed by atoms with Crippen molar-refractivity contribution >= 4 is 24.1 Å². The minimum Gasteiger partial charge on any atom is -0.457 e. The van der Waals surface area contributed by atoms with Gasteiger partial charge in [0, 0.05) is 64.7 Å². The van der Waals surface area contributed by atoms with Crippen molar-refractivity contribution in [1.82, 2.24) is 9.80 Å². The van der Waals surface area contributed by atoms with Gasteiger partial charge in [0.25, 0.3) is 0 Å². The van der Waals surface area contributed by atoms with E-state index in [-0.39, 0.29) is 68.0 Å². The number of aliphatic hydroxyl groups is 2. The minimum atomic E-state index is -1.37. The monoisotopic (exact) mass is 799 g/mol. The lowest BCUT2D eigenvalue weighted by atomic mass is 9.89. The van der Waals surface area contributed by atoms with Gasteiger partial charge in [-0.05, 0) is 56.8 Å². The Bertz CT molecular complexity index is 1470. The van der Waals surface area contributed by atoms with E-state index >= 15 is 0 Å². The van der Waals surface area contributed by atoms with Crippen LogP contribution in [0.2, 0.25) is 0 Å². The number of carbonyl (C=O) groups excluding carboxylic acids is 3. The molecule has 57 heavy (non-hydrogen) atoms. The zero-order valence-electron chi connectivity index (χ0n) is 35.7. The number of ether oxygens (including phenoxy) is 5. The zero-order valence-corrected chi connectivity index (χ0v) is 35.7. The van der Waals surface area contributed by atoms with Crippen LogP contribution >= 0.6 is 0 Å². The van der Waals surface area contributed by atoms with Crippen LogP contribution in [0.25, 0.3) is 0 Å². The summed E-state index contributed by atoms with van der Waals surface area (Å²) in [5.74, 6) is 0.372. The third kappa shape index (κ3) is 14.9. The van der Waals surface area contributed by atoms with Crippen molar-refractivity contribution < 1.29 is 48.3 Å². The molecule has 4 heterocycles. The summed E-state index contributed by atoms with van der Waals surface area (Å²) in [6.07, 6.45) is 14.7. The number of carbonyl (C=O) groups is 3. The zero-order chi connectivity index (χ0) is 42.3. The van der Waals surface area contributed by atoms with Crippen LogP contribution in [0.5, 0.6) is 0 Å². The normalized spacial score (nSPS) is 30.6. The smallest absolute Gasteiger partial charge is 0.309 e.